The molecule has 1 aromatic heterocycles. The summed E-state index contributed by atoms with van der Waals surface area (Å²) in [7, 11) is 1.64. The summed E-state index contributed by atoms with van der Waals surface area (Å²) in [5.41, 5.74) is 2.14. The van der Waals surface area contributed by atoms with Crippen molar-refractivity contribution < 1.29 is 23.0 Å². The third kappa shape index (κ3) is 5.25. The minimum atomic E-state index is -2.86. The molecule has 0 radical (unpaired) electrons. The number of rotatable bonds is 7. The molecule has 1 saturated heterocycles. The number of nitrogens with one attached hydrogen (secondary N) is 1. The van der Waals surface area contributed by atoms with Crippen molar-refractivity contribution >= 4 is 33.8 Å². The summed E-state index contributed by atoms with van der Waals surface area (Å²) in [4.78, 5) is 21.3. The Balaban J connectivity index is 1.31. The molecule has 2 aromatic carbocycles. The topological polar surface area (TPSA) is 66.9 Å². The van der Waals surface area contributed by atoms with E-state index in [4.69, 9.17) is 4.74 Å². The number of aromatic nitrogens is 1. The lowest BCUT2D eigenvalue weighted by Crippen LogP contribution is -2.48. The first-order valence-corrected chi connectivity index (χ1v) is 10.9. The second-order valence-corrected chi connectivity index (χ2v) is 7.90. The van der Waals surface area contributed by atoms with Gasteiger partial charge >= 0.3 is 6.61 Å². The molecule has 10 heteroatoms. The Morgan fingerprint density at radius 3 is 2.31 bits per heavy atom. The first kappa shape index (κ1) is 21.8. The number of hydrogen-bond donors (Lipinski definition) is 1. The Hall–Kier alpha value is -3.40. The lowest BCUT2D eigenvalue weighted by atomic mass is 10.2. The third-order valence-corrected chi connectivity index (χ3v) is 5.82. The van der Waals surface area contributed by atoms with Gasteiger partial charge in [0.25, 0.3) is 5.91 Å². The highest BCUT2D eigenvalue weighted by molar-refractivity contribution is 7.14. The molecule has 0 atom stereocenters. The van der Waals surface area contributed by atoms with Crippen LogP contribution in [0.15, 0.2) is 53.9 Å². The van der Waals surface area contributed by atoms with E-state index in [9.17, 15) is 13.6 Å². The quantitative estimate of drug-likeness (QED) is 0.562. The van der Waals surface area contributed by atoms with E-state index in [1.54, 1.807) is 29.5 Å². The minimum Gasteiger partial charge on any atom is -0.497 e. The average Bonchev–Trinajstić information content (AvgIpc) is 3.28. The number of amides is 1. The van der Waals surface area contributed by atoms with Crippen LogP contribution in [0.25, 0.3) is 0 Å². The molecular weight excluding hydrogens is 438 g/mol. The van der Waals surface area contributed by atoms with E-state index in [-0.39, 0.29) is 11.7 Å². The molecule has 0 bridgehead atoms. The SMILES string of the molecule is COc1ccc(N2CCN(C(=O)c3csc(Nc4ccc(OC(F)F)cc4)n3)CC2)cc1. The van der Waals surface area contributed by atoms with Crippen LogP contribution in [0.2, 0.25) is 0 Å². The van der Waals surface area contributed by atoms with Gasteiger partial charge in [0.2, 0.25) is 0 Å². The van der Waals surface area contributed by atoms with Crippen LogP contribution in [0.5, 0.6) is 11.5 Å². The van der Waals surface area contributed by atoms with Gasteiger partial charge in [-0.15, -0.1) is 11.3 Å². The van der Waals surface area contributed by atoms with Crippen LogP contribution in [0.4, 0.5) is 25.3 Å². The van der Waals surface area contributed by atoms with Gasteiger partial charge in [0.1, 0.15) is 17.2 Å². The lowest BCUT2D eigenvalue weighted by Gasteiger charge is -2.35. The lowest BCUT2D eigenvalue weighted by molar-refractivity contribution is -0.0498. The molecular formula is C22H22F2N4O3S. The number of halogens is 2. The first-order valence-electron chi connectivity index (χ1n) is 9.97. The predicted molar refractivity (Wildman–Crippen MR) is 120 cm³/mol. The molecule has 1 N–H and O–H groups in total. The molecule has 3 aromatic rings. The van der Waals surface area contributed by atoms with Gasteiger partial charge in [0, 0.05) is 42.9 Å². The zero-order chi connectivity index (χ0) is 22.5. The summed E-state index contributed by atoms with van der Waals surface area (Å²) in [5, 5.41) is 5.34. The molecule has 0 aliphatic carbocycles. The summed E-state index contributed by atoms with van der Waals surface area (Å²) >= 11 is 1.31. The number of methoxy groups -OCH3 is 1. The molecule has 1 fully saturated rings. The van der Waals surface area contributed by atoms with Gasteiger partial charge in [-0.25, -0.2) is 4.98 Å². The molecule has 1 aliphatic rings. The maximum Gasteiger partial charge on any atom is 0.387 e. The van der Waals surface area contributed by atoms with Crippen molar-refractivity contribution in [3.05, 3.63) is 59.6 Å². The number of carbonyl (C=O) groups excluding carboxylic acids is 1. The standard InChI is InChI=1S/C22H22F2N4O3S/c1-30-17-8-4-16(5-9-17)27-10-12-28(13-11-27)20(29)19-14-32-22(26-19)25-15-2-6-18(7-3-15)31-21(23)24/h2-9,14,21H,10-13H2,1H3,(H,25,26). The first-order chi connectivity index (χ1) is 15.5. The Morgan fingerprint density at radius 1 is 1.03 bits per heavy atom. The van der Waals surface area contributed by atoms with Gasteiger partial charge in [0.05, 0.1) is 7.11 Å². The van der Waals surface area contributed by atoms with Crippen molar-refractivity contribution in [2.75, 3.05) is 43.5 Å². The number of hydrogen-bond acceptors (Lipinski definition) is 7. The highest BCUT2D eigenvalue weighted by Gasteiger charge is 2.24. The van der Waals surface area contributed by atoms with Crippen LogP contribution in [-0.2, 0) is 0 Å². The molecule has 168 valence electrons. The van der Waals surface area contributed by atoms with Gasteiger partial charge in [-0.05, 0) is 48.5 Å². The zero-order valence-electron chi connectivity index (χ0n) is 17.3. The monoisotopic (exact) mass is 460 g/mol. The number of carbonyl (C=O) groups is 1. The molecule has 1 aliphatic heterocycles. The van der Waals surface area contributed by atoms with Crippen LogP contribution >= 0.6 is 11.3 Å². The molecule has 0 saturated carbocycles. The minimum absolute atomic E-state index is 0.0781. The van der Waals surface area contributed by atoms with E-state index in [0.29, 0.717) is 29.6 Å². The number of anilines is 3. The fourth-order valence-electron chi connectivity index (χ4n) is 3.40. The Kier molecular flexibility index (Phi) is 6.69. The Bertz CT molecular complexity index is 1040. The van der Waals surface area contributed by atoms with Gasteiger partial charge in [-0.3, -0.25) is 4.79 Å². The van der Waals surface area contributed by atoms with Gasteiger partial charge < -0.3 is 24.6 Å². The maximum atomic E-state index is 12.9. The predicted octanol–water partition coefficient (Wildman–Crippen LogP) is 4.46. The van der Waals surface area contributed by atoms with E-state index in [1.165, 1.54) is 23.5 Å². The molecule has 2 heterocycles. The van der Waals surface area contributed by atoms with Crippen LogP contribution in [0, 0.1) is 0 Å². The van der Waals surface area contributed by atoms with Crippen LogP contribution in [0.3, 0.4) is 0 Å². The Morgan fingerprint density at radius 2 is 1.69 bits per heavy atom. The van der Waals surface area contributed by atoms with Crippen molar-refractivity contribution in [1.29, 1.82) is 0 Å². The fraction of sp³-hybridized carbons (Fsp3) is 0.273. The molecule has 32 heavy (non-hydrogen) atoms. The second-order valence-electron chi connectivity index (χ2n) is 7.04. The Labute approximate surface area is 188 Å². The van der Waals surface area contributed by atoms with Crippen LogP contribution in [-0.4, -0.2) is 55.7 Å². The van der Waals surface area contributed by atoms with Crippen molar-refractivity contribution in [2.45, 2.75) is 6.61 Å². The van der Waals surface area contributed by atoms with E-state index in [2.05, 4.69) is 19.9 Å². The summed E-state index contributed by atoms with van der Waals surface area (Å²) < 4.78 is 34.0. The van der Waals surface area contributed by atoms with Crippen LogP contribution in [0.1, 0.15) is 10.5 Å². The normalized spacial score (nSPS) is 13.9. The second kappa shape index (κ2) is 9.82. The fourth-order valence-corrected chi connectivity index (χ4v) is 4.10. The number of thiazole rings is 1. The number of piperazine rings is 1. The number of nitrogens with zero attached hydrogens (tertiary/aromatic N) is 3. The number of ether oxygens (including phenoxy) is 2. The largest absolute Gasteiger partial charge is 0.497 e. The van der Waals surface area contributed by atoms with E-state index in [0.717, 1.165) is 24.5 Å². The smallest absolute Gasteiger partial charge is 0.387 e. The van der Waals surface area contributed by atoms with Crippen molar-refractivity contribution in [3.63, 3.8) is 0 Å². The molecule has 1 amide bonds. The van der Waals surface area contributed by atoms with Gasteiger partial charge in [0.15, 0.2) is 5.13 Å². The summed E-state index contributed by atoms with van der Waals surface area (Å²) in [6.07, 6.45) is 0. The third-order valence-electron chi connectivity index (χ3n) is 5.06. The number of benzene rings is 2. The van der Waals surface area contributed by atoms with Crippen molar-refractivity contribution in [3.8, 4) is 11.5 Å². The molecule has 7 nitrogen and oxygen atoms in total. The van der Waals surface area contributed by atoms with Crippen molar-refractivity contribution in [2.24, 2.45) is 0 Å². The highest BCUT2D eigenvalue weighted by atomic mass is 32.1. The zero-order valence-corrected chi connectivity index (χ0v) is 18.1. The van der Waals surface area contributed by atoms with Crippen LogP contribution < -0.4 is 19.7 Å². The van der Waals surface area contributed by atoms with E-state index in [1.807, 2.05) is 24.3 Å². The molecule has 4 rings (SSSR count). The summed E-state index contributed by atoms with van der Waals surface area (Å²) in [6.45, 7) is -0.173. The number of alkyl halides is 2. The summed E-state index contributed by atoms with van der Waals surface area (Å²) in [5.74, 6) is 0.784. The molecule has 0 spiro atoms. The van der Waals surface area contributed by atoms with E-state index >= 15 is 0 Å². The highest BCUT2D eigenvalue weighted by Crippen LogP contribution is 2.25. The molecule has 0 unspecified atom stereocenters. The van der Waals surface area contributed by atoms with Gasteiger partial charge in [-0.1, -0.05) is 0 Å². The summed E-state index contributed by atoms with van der Waals surface area (Å²) in [6, 6.07) is 14.0. The maximum absolute atomic E-state index is 12.9. The van der Waals surface area contributed by atoms with Crippen molar-refractivity contribution in [1.82, 2.24) is 9.88 Å². The van der Waals surface area contributed by atoms with E-state index < -0.39 is 6.61 Å². The average molecular weight is 461 g/mol. The van der Waals surface area contributed by atoms with Gasteiger partial charge in [-0.2, -0.15) is 8.78 Å².